The van der Waals surface area contributed by atoms with E-state index >= 15 is 0 Å². The molecule has 0 heterocycles. The maximum absolute atomic E-state index is 12.3. The number of rotatable bonds is 6. The minimum atomic E-state index is -2.89. The Labute approximate surface area is 137 Å². The quantitative estimate of drug-likeness (QED) is 0.847. The van der Waals surface area contributed by atoms with Gasteiger partial charge in [0.15, 0.2) is 0 Å². The van der Waals surface area contributed by atoms with E-state index in [9.17, 15) is 18.7 Å². The number of phenols is 1. The number of carbonyl (C=O) groups is 1. The Balaban J connectivity index is 2.08. The first-order valence-corrected chi connectivity index (χ1v) is 7.13. The highest BCUT2D eigenvalue weighted by atomic mass is 19.3. The van der Waals surface area contributed by atoms with Gasteiger partial charge < -0.3 is 19.9 Å². The summed E-state index contributed by atoms with van der Waals surface area (Å²) >= 11 is 0. The fraction of sp³-hybridized carbons (Fsp3) is 0.235. The number of amides is 1. The SMILES string of the molecule is COc1ccc(O)c(C(=O)NC(C)c2ccc(OC(F)F)cc2)c1. The number of halogens is 2. The van der Waals surface area contributed by atoms with Crippen molar-refractivity contribution in [1.82, 2.24) is 5.32 Å². The van der Waals surface area contributed by atoms with Crippen LogP contribution >= 0.6 is 0 Å². The van der Waals surface area contributed by atoms with Gasteiger partial charge in [-0.1, -0.05) is 12.1 Å². The first-order chi connectivity index (χ1) is 11.4. The number of ether oxygens (including phenoxy) is 2. The van der Waals surface area contributed by atoms with E-state index in [-0.39, 0.29) is 17.1 Å². The van der Waals surface area contributed by atoms with Crippen molar-refractivity contribution in [2.75, 3.05) is 7.11 Å². The van der Waals surface area contributed by atoms with Gasteiger partial charge in [-0.25, -0.2) is 0 Å². The third-order valence-corrected chi connectivity index (χ3v) is 3.40. The van der Waals surface area contributed by atoms with Crippen molar-refractivity contribution in [1.29, 1.82) is 0 Å². The molecule has 0 aliphatic heterocycles. The van der Waals surface area contributed by atoms with Crippen molar-refractivity contribution >= 4 is 5.91 Å². The van der Waals surface area contributed by atoms with E-state index in [1.165, 1.54) is 37.4 Å². The Kier molecular flexibility index (Phi) is 5.57. The Hall–Kier alpha value is -2.83. The first-order valence-electron chi connectivity index (χ1n) is 7.13. The number of carbonyl (C=O) groups excluding carboxylic acids is 1. The number of nitrogens with one attached hydrogen (secondary N) is 1. The van der Waals surface area contributed by atoms with Gasteiger partial charge in [-0.05, 0) is 42.8 Å². The number of aromatic hydroxyl groups is 1. The molecule has 0 saturated heterocycles. The zero-order chi connectivity index (χ0) is 17.7. The number of phenolic OH excluding ortho intramolecular Hbond substituents is 1. The van der Waals surface area contributed by atoms with Gasteiger partial charge in [-0.15, -0.1) is 0 Å². The summed E-state index contributed by atoms with van der Waals surface area (Å²) in [5.74, 6) is -0.162. The molecule has 1 amide bonds. The first kappa shape index (κ1) is 17.5. The summed E-state index contributed by atoms with van der Waals surface area (Å²) in [6.07, 6.45) is 0. The highest BCUT2D eigenvalue weighted by Gasteiger charge is 2.16. The minimum absolute atomic E-state index is 0.0396. The Morgan fingerprint density at radius 1 is 1.12 bits per heavy atom. The molecule has 1 atom stereocenters. The van der Waals surface area contributed by atoms with Crippen LogP contribution in [-0.4, -0.2) is 24.7 Å². The zero-order valence-corrected chi connectivity index (χ0v) is 13.1. The van der Waals surface area contributed by atoms with Crippen LogP contribution in [0.1, 0.15) is 28.9 Å². The van der Waals surface area contributed by atoms with E-state index in [1.807, 2.05) is 0 Å². The zero-order valence-electron chi connectivity index (χ0n) is 13.1. The average molecular weight is 337 g/mol. The summed E-state index contributed by atoms with van der Waals surface area (Å²) in [6.45, 7) is -1.15. The number of methoxy groups -OCH3 is 1. The maximum Gasteiger partial charge on any atom is 0.387 e. The summed E-state index contributed by atoms with van der Waals surface area (Å²) < 4.78 is 33.6. The lowest BCUT2D eigenvalue weighted by molar-refractivity contribution is -0.0498. The van der Waals surface area contributed by atoms with Crippen molar-refractivity contribution in [3.63, 3.8) is 0 Å². The molecule has 2 N–H and O–H groups in total. The van der Waals surface area contributed by atoms with Gasteiger partial charge >= 0.3 is 6.61 Å². The van der Waals surface area contributed by atoms with E-state index in [0.717, 1.165) is 0 Å². The second kappa shape index (κ2) is 7.63. The smallest absolute Gasteiger partial charge is 0.387 e. The molecule has 0 radical (unpaired) electrons. The molecule has 1 unspecified atom stereocenters. The third kappa shape index (κ3) is 4.34. The highest BCUT2D eigenvalue weighted by Crippen LogP contribution is 2.24. The molecule has 0 saturated carbocycles. The number of benzene rings is 2. The number of hydrogen-bond donors (Lipinski definition) is 2. The predicted octanol–water partition coefficient (Wildman–Crippen LogP) is 3.49. The number of hydrogen-bond acceptors (Lipinski definition) is 4. The van der Waals surface area contributed by atoms with Crippen LogP contribution < -0.4 is 14.8 Å². The van der Waals surface area contributed by atoms with Crippen molar-refractivity contribution in [3.8, 4) is 17.2 Å². The summed E-state index contributed by atoms with van der Waals surface area (Å²) in [5.41, 5.74) is 0.784. The minimum Gasteiger partial charge on any atom is -0.507 e. The van der Waals surface area contributed by atoms with E-state index in [0.29, 0.717) is 11.3 Å². The lowest BCUT2D eigenvalue weighted by atomic mass is 10.1. The van der Waals surface area contributed by atoms with Gasteiger partial charge in [-0.3, -0.25) is 4.79 Å². The fourth-order valence-corrected chi connectivity index (χ4v) is 2.12. The normalized spacial score (nSPS) is 11.9. The molecule has 24 heavy (non-hydrogen) atoms. The van der Waals surface area contributed by atoms with E-state index in [1.54, 1.807) is 19.1 Å². The fourth-order valence-electron chi connectivity index (χ4n) is 2.12. The summed E-state index contributed by atoms with van der Waals surface area (Å²) in [5, 5.41) is 12.5. The van der Waals surface area contributed by atoms with Gasteiger partial charge in [-0.2, -0.15) is 8.78 Å². The Bertz CT molecular complexity index is 704. The third-order valence-electron chi connectivity index (χ3n) is 3.40. The molecule has 128 valence electrons. The molecule has 0 aliphatic carbocycles. The van der Waals surface area contributed by atoms with Crippen LogP contribution in [0.2, 0.25) is 0 Å². The molecule has 5 nitrogen and oxygen atoms in total. The van der Waals surface area contributed by atoms with Crippen molar-refractivity contribution in [2.24, 2.45) is 0 Å². The monoisotopic (exact) mass is 337 g/mol. The Morgan fingerprint density at radius 3 is 2.33 bits per heavy atom. The predicted molar refractivity (Wildman–Crippen MR) is 83.6 cm³/mol. The van der Waals surface area contributed by atoms with E-state index in [4.69, 9.17) is 4.74 Å². The van der Waals surface area contributed by atoms with Gasteiger partial charge in [0.25, 0.3) is 5.91 Å². The topological polar surface area (TPSA) is 67.8 Å². The molecule has 2 aromatic carbocycles. The lowest BCUT2D eigenvalue weighted by Gasteiger charge is -2.16. The molecule has 2 rings (SSSR count). The second-order valence-corrected chi connectivity index (χ2v) is 5.03. The van der Waals surface area contributed by atoms with Crippen LogP contribution in [-0.2, 0) is 0 Å². The van der Waals surface area contributed by atoms with E-state index in [2.05, 4.69) is 10.1 Å². The van der Waals surface area contributed by atoms with Gasteiger partial charge in [0.1, 0.15) is 17.2 Å². The summed E-state index contributed by atoms with van der Waals surface area (Å²) in [6, 6.07) is 9.88. The molecule has 0 spiro atoms. The van der Waals surface area contributed by atoms with Gasteiger partial charge in [0.2, 0.25) is 0 Å². The van der Waals surface area contributed by atoms with Crippen LogP contribution in [0.4, 0.5) is 8.78 Å². The van der Waals surface area contributed by atoms with E-state index < -0.39 is 18.6 Å². The molecule has 0 bridgehead atoms. The Morgan fingerprint density at radius 2 is 1.75 bits per heavy atom. The van der Waals surface area contributed by atoms with Gasteiger partial charge in [0.05, 0.1) is 18.7 Å². The van der Waals surface area contributed by atoms with Crippen molar-refractivity contribution in [3.05, 3.63) is 53.6 Å². The molecule has 0 aliphatic rings. The van der Waals surface area contributed by atoms with Gasteiger partial charge in [0, 0.05) is 0 Å². The number of alkyl halides is 2. The maximum atomic E-state index is 12.3. The molecule has 0 aromatic heterocycles. The van der Waals surface area contributed by atoms with Crippen molar-refractivity contribution < 1.29 is 28.2 Å². The standard InChI is InChI=1S/C17H17F2NO4/c1-10(11-3-5-12(6-4-11)24-17(18)19)20-16(22)14-9-13(23-2)7-8-15(14)21/h3-10,17,21H,1-2H3,(H,20,22). The molecule has 0 fully saturated rings. The second-order valence-electron chi connectivity index (χ2n) is 5.03. The molecular weight excluding hydrogens is 320 g/mol. The largest absolute Gasteiger partial charge is 0.507 e. The van der Waals surface area contributed by atoms with Crippen LogP contribution in [0.25, 0.3) is 0 Å². The molecule has 2 aromatic rings. The van der Waals surface area contributed by atoms with Crippen LogP contribution in [0.15, 0.2) is 42.5 Å². The molecular formula is C17H17F2NO4. The average Bonchev–Trinajstić information content (AvgIpc) is 2.55. The molecule has 7 heteroatoms. The highest BCUT2D eigenvalue weighted by molar-refractivity contribution is 5.97. The summed E-state index contributed by atoms with van der Waals surface area (Å²) in [7, 11) is 1.46. The van der Waals surface area contributed by atoms with Crippen molar-refractivity contribution in [2.45, 2.75) is 19.6 Å². The van der Waals surface area contributed by atoms with Crippen LogP contribution in [0.3, 0.4) is 0 Å². The van der Waals surface area contributed by atoms with Crippen LogP contribution in [0.5, 0.6) is 17.2 Å². The van der Waals surface area contributed by atoms with Crippen LogP contribution in [0, 0.1) is 0 Å². The summed E-state index contributed by atoms with van der Waals surface area (Å²) in [4.78, 5) is 12.3. The lowest BCUT2D eigenvalue weighted by Crippen LogP contribution is -2.26.